The molecule has 3 nitrogen and oxygen atoms in total. The third kappa shape index (κ3) is 3.45. The fourth-order valence-corrected chi connectivity index (χ4v) is 3.91. The predicted molar refractivity (Wildman–Crippen MR) is 93.1 cm³/mol. The quantitative estimate of drug-likeness (QED) is 0.832. The Kier molecular flexibility index (Phi) is 4.69. The summed E-state index contributed by atoms with van der Waals surface area (Å²) in [7, 11) is 0. The van der Waals surface area contributed by atoms with Gasteiger partial charge in [-0.25, -0.2) is 0 Å². The second-order valence-corrected chi connectivity index (χ2v) is 7.09. The zero-order chi connectivity index (χ0) is 15.4. The Hall–Kier alpha value is -1.52. The minimum absolute atomic E-state index is 0.0884. The van der Waals surface area contributed by atoms with E-state index in [-0.39, 0.29) is 11.4 Å². The lowest BCUT2D eigenvalue weighted by Gasteiger charge is -2.28. The van der Waals surface area contributed by atoms with Crippen LogP contribution in [0.25, 0.3) is 10.8 Å². The first-order chi connectivity index (χ1) is 10.7. The smallest absolute Gasteiger partial charge is 0.230 e. The summed E-state index contributed by atoms with van der Waals surface area (Å²) in [6, 6.07) is 14.6. The molecule has 2 aromatic rings. The number of fused-ring (bicyclic) bond motifs is 1. The van der Waals surface area contributed by atoms with Crippen LogP contribution in [0.3, 0.4) is 0 Å². The Morgan fingerprint density at radius 1 is 1.14 bits per heavy atom. The molecule has 1 aliphatic carbocycles. The molecule has 0 aliphatic heterocycles. The summed E-state index contributed by atoms with van der Waals surface area (Å²) in [4.78, 5) is 13.3. The second kappa shape index (κ2) is 6.71. The van der Waals surface area contributed by atoms with E-state index in [1.165, 1.54) is 10.8 Å². The molecule has 0 bridgehead atoms. The lowest BCUT2D eigenvalue weighted by atomic mass is 9.98. The summed E-state index contributed by atoms with van der Waals surface area (Å²) in [6.07, 6.45) is 4.34. The van der Waals surface area contributed by atoms with E-state index in [1.54, 1.807) is 11.8 Å². The fourth-order valence-electron chi connectivity index (χ4n) is 3.17. The van der Waals surface area contributed by atoms with E-state index < -0.39 is 0 Å². The van der Waals surface area contributed by atoms with Crippen LogP contribution in [0.1, 0.15) is 25.7 Å². The van der Waals surface area contributed by atoms with Gasteiger partial charge in [0, 0.05) is 11.4 Å². The maximum Gasteiger partial charge on any atom is 0.230 e. The molecular formula is C18H22N2OS. The Morgan fingerprint density at radius 2 is 1.86 bits per heavy atom. The van der Waals surface area contributed by atoms with Gasteiger partial charge in [-0.15, -0.1) is 11.8 Å². The van der Waals surface area contributed by atoms with Crippen molar-refractivity contribution in [1.29, 1.82) is 0 Å². The highest BCUT2D eigenvalue weighted by molar-refractivity contribution is 8.00. The van der Waals surface area contributed by atoms with Crippen LogP contribution in [0.2, 0.25) is 0 Å². The van der Waals surface area contributed by atoms with Gasteiger partial charge in [0.05, 0.1) is 11.3 Å². The zero-order valence-electron chi connectivity index (χ0n) is 12.7. The van der Waals surface area contributed by atoms with Crippen molar-refractivity contribution >= 4 is 28.4 Å². The summed E-state index contributed by atoms with van der Waals surface area (Å²) in [5.41, 5.74) is 5.71. The van der Waals surface area contributed by atoms with Gasteiger partial charge in [0.2, 0.25) is 5.91 Å². The largest absolute Gasteiger partial charge is 0.349 e. The predicted octanol–water partition coefficient (Wildman–Crippen LogP) is 3.32. The normalized spacial score (nSPS) is 16.8. The van der Waals surface area contributed by atoms with Crippen LogP contribution in [-0.4, -0.2) is 23.7 Å². The van der Waals surface area contributed by atoms with Crippen molar-refractivity contribution in [2.75, 3.05) is 12.3 Å². The van der Waals surface area contributed by atoms with Gasteiger partial charge in [-0.2, -0.15) is 0 Å². The molecule has 1 fully saturated rings. The molecule has 1 aliphatic rings. The molecule has 1 amide bonds. The van der Waals surface area contributed by atoms with Crippen LogP contribution in [0.5, 0.6) is 0 Å². The highest BCUT2D eigenvalue weighted by atomic mass is 32.2. The molecule has 2 aromatic carbocycles. The van der Waals surface area contributed by atoms with Gasteiger partial charge in [-0.3, -0.25) is 4.79 Å². The summed E-state index contributed by atoms with van der Waals surface area (Å²) in [5, 5.41) is 5.60. The Bertz CT molecular complexity index is 665. The molecule has 0 spiro atoms. The molecule has 0 atom stereocenters. The highest BCUT2D eigenvalue weighted by Crippen LogP contribution is 2.29. The van der Waals surface area contributed by atoms with Crippen LogP contribution in [0.4, 0.5) is 0 Å². The van der Waals surface area contributed by atoms with Crippen molar-refractivity contribution in [3.05, 3.63) is 42.5 Å². The number of nitrogens with one attached hydrogen (secondary N) is 1. The molecule has 0 unspecified atom stereocenters. The van der Waals surface area contributed by atoms with E-state index in [2.05, 4.69) is 35.6 Å². The van der Waals surface area contributed by atoms with Crippen LogP contribution in [0, 0.1) is 0 Å². The lowest BCUT2D eigenvalue weighted by Crippen LogP contribution is -2.52. The number of carbonyl (C=O) groups excluding carboxylic acids is 1. The van der Waals surface area contributed by atoms with Gasteiger partial charge >= 0.3 is 0 Å². The van der Waals surface area contributed by atoms with Gasteiger partial charge in [0.25, 0.3) is 0 Å². The maximum absolute atomic E-state index is 12.2. The minimum atomic E-state index is -0.152. The number of nitrogens with two attached hydrogens (primary N) is 1. The third-order valence-corrected chi connectivity index (χ3v) is 5.44. The van der Waals surface area contributed by atoms with E-state index >= 15 is 0 Å². The van der Waals surface area contributed by atoms with Gasteiger partial charge in [-0.1, -0.05) is 43.2 Å². The summed E-state index contributed by atoms with van der Waals surface area (Å²) < 4.78 is 0. The first-order valence-corrected chi connectivity index (χ1v) is 8.82. The third-order valence-electron chi connectivity index (χ3n) is 4.45. The van der Waals surface area contributed by atoms with E-state index in [9.17, 15) is 4.79 Å². The van der Waals surface area contributed by atoms with E-state index in [0.717, 1.165) is 30.6 Å². The molecule has 3 rings (SSSR count). The standard InChI is InChI=1S/C18H22N2OS/c19-13-18(9-3-4-10-18)20-17(21)12-22-16-8-7-14-5-1-2-6-15(14)11-16/h1-2,5-8,11H,3-4,9-10,12-13,19H2,(H,20,21). The molecule has 22 heavy (non-hydrogen) atoms. The average molecular weight is 314 g/mol. The van der Waals surface area contributed by atoms with Crippen molar-refractivity contribution < 1.29 is 4.79 Å². The summed E-state index contributed by atoms with van der Waals surface area (Å²) >= 11 is 1.58. The Balaban J connectivity index is 1.60. The number of rotatable bonds is 5. The highest BCUT2D eigenvalue weighted by Gasteiger charge is 2.33. The van der Waals surface area contributed by atoms with Gasteiger partial charge in [0.1, 0.15) is 0 Å². The SMILES string of the molecule is NCC1(NC(=O)CSc2ccc3ccccc3c2)CCCC1. The number of hydrogen-bond donors (Lipinski definition) is 2. The lowest BCUT2D eigenvalue weighted by molar-refractivity contribution is -0.120. The van der Waals surface area contributed by atoms with Crippen molar-refractivity contribution in [1.82, 2.24) is 5.32 Å². The maximum atomic E-state index is 12.2. The second-order valence-electron chi connectivity index (χ2n) is 6.04. The topological polar surface area (TPSA) is 55.1 Å². The molecule has 1 saturated carbocycles. The van der Waals surface area contributed by atoms with E-state index in [4.69, 9.17) is 5.73 Å². The summed E-state index contributed by atoms with van der Waals surface area (Å²) in [5.74, 6) is 0.533. The molecule has 0 heterocycles. The first-order valence-electron chi connectivity index (χ1n) is 7.83. The average Bonchev–Trinajstić information content (AvgIpc) is 3.02. The van der Waals surface area contributed by atoms with Crippen LogP contribution in [-0.2, 0) is 4.79 Å². The molecule has 3 N–H and O–H groups in total. The van der Waals surface area contributed by atoms with Crippen LogP contribution in [0.15, 0.2) is 47.4 Å². The van der Waals surface area contributed by atoms with Crippen molar-refractivity contribution in [3.8, 4) is 0 Å². The molecule has 116 valence electrons. The van der Waals surface area contributed by atoms with Gasteiger partial charge in [-0.05, 0) is 35.7 Å². The van der Waals surface area contributed by atoms with E-state index in [1.807, 2.05) is 12.1 Å². The van der Waals surface area contributed by atoms with Crippen LogP contribution < -0.4 is 11.1 Å². The van der Waals surface area contributed by atoms with Crippen molar-refractivity contribution in [2.24, 2.45) is 5.73 Å². The number of hydrogen-bond acceptors (Lipinski definition) is 3. The molecule has 0 aromatic heterocycles. The molecular weight excluding hydrogens is 292 g/mol. The number of benzene rings is 2. The van der Waals surface area contributed by atoms with Crippen molar-refractivity contribution in [3.63, 3.8) is 0 Å². The van der Waals surface area contributed by atoms with Gasteiger partial charge < -0.3 is 11.1 Å². The number of carbonyl (C=O) groups is 1. The minimum Gasteiger partial charge on any atom is -0.349 e. The molecule has 0 radical (unpaired) electrons. The molecule has 4 heteroatoms. The number of thioether (sulfide) groups is 1. The zero-order valence-corrected chi connectivity index (χ0v) is 13.5. The fraction of sp³-hybridized carbons (Fsp3) is 0.389. The van der Waals surface area contributed by atoms with Gasteiger partial charge in [0.15, 0.2) is 0 Å². The summed E-state index contributed by atoms with van der Waals surface area (Å²) in [6.45, 7) is 0.541. The van der Waals surface area contributed by atoms with Crippen LogP contribution >= 0.6 is 11.8 Å². The first kappa shape index (κ1) is 15.4. The van der Waals surface area contributed by atoms with E-state index in [0.29, 0.717) is 12.3 Å². The Labute approximate surface area is 135 Å². The number of amides is 1. The van der Waals surface area contributed by atoms with Crippen molar-refractivity contribution in [2.45, 2.75) is 36.1 Å². The Morgan fingerprint density at radius 3 is 2.59 bits per heavy atom. The molecule has 0 saturated heterocycles. The monoisotopic (exact) mass is 314 g/mol.